The zero-order chi connectivity index (χ0) is 20.9. The van der Waals surface area contributed by atoms with Crippen LogP contribution in [0.15, 0.2) is 29.0 Å². The Kier molecular flexibility index (Phi) is 4.56. The first kappa shape index (κ1) is 19.2. The number of aryl methyl sites for hydroxylation is 1. The van der Waals surface area contributed by atoms with Gasteiger partial charge >= 0.3 is 0 Å². The largest absolute Gasteiger partial charge is 0.367 e. The highest BCUT2D eigenvalue weighted by Crippen LogP contribution is 2.27. The van der Waals surface area contributed by atoms with Gasteiger partial charge in [-0.05, 0) is 31.4 Å². The van der Waals surface area contributed by atoms with Crippen LogP contribution in [0, 0.1) is 0 Å². The molecule has 4 heterocycles. The second-order valence-electron chi connectivity index (χ2n) is 9.45. The molecule has 1 fully saturated rings. The molecular formula is C23H29N5O2. The highest BCUT2D eigenvalue weighted by molar-refractivity contribution is 5.94. The van der Waals surface area contributed by atoms with Crippen molar-refractivity contribution in [1.82, 2.24) is 19.4 Å². The van der Waals surface area contributed by atoms with Crippen molar-refractivity contribution < 1.29 is 9.32 Å². The van der Waals surface area contributed by atoms with Gasteiger partial charge in [-0.3, -0.25) is 4.79 Å². The molecular weight excluding hydrogens is 378 g/mol. The summed E-state index contributed by atoms with van der Waals surface area (Å²) in [5.74, 6) is 0.924. The average molecular weight is 408 g/mol. The Bertz CT molecular complexity index is 1080. The van der Waals surface area contributed by atoms with Crippen LogP contribution >= 0.6 is 0 Å². The molecule has 7 heteroatoms. The van der Waals surface area contributed by atoms with E-state index in [9.17, 15) is 4.79 Å². The van der Waals surface area contributed by atoms with E-state index in [1.54, 1.807) is 0 Å². The van der Waals surface area contributed by atoms with Crippen LogP contribution in [-0.4, -0.2) is 51.5 Å². The molecule has 0 spiro atoms. The Morgan fingerprint density at radius 1 is 1.03 bits per heavy atom. The molecule has 7 nitrogen and oxygen atoms in total. The topological polar surface area (TPSA) is 66.9 Å². The zero-order valence-corrected chi connectivity index (χ0v) is 18.0. The molecule has 30 heavy (non-hydrogen) atoms. The van der Waals surface area contributed by atoms with Crippen molar-refractivity contribution in [3.63, 3.8) is 0 Å². The Morgan fingerprint density at radius 3 is 2.57 bits per heavy atom. The van der Waals surface area contributed by atoms with Crippen molar-refractivity contribution in [2.75, 3.05) is 31.1 Å². The maximum Gasteiger partial charge on any atom is 0.276 e. The molecule has 1 saturated heterocycles. The summed E-state index contributed by atoms with van der Waals surface area (Å²) in [7, 11) is 0. The van der Waals surface area contributed by atoms with Gasteiger partial charge in [0.25, 0.3) is 5.91 Å². The molecule has 3 aromatic heterocycles. The third-order valence-electron chi connectivity index (χ3n) is 6.29. The van der Waals surface area contributed by atoms with Crippen LogP contribution in [0.1, 0.15) is 61.1 Å². The third-order valence-corrected chi connectivity index (χ3v) is 6.29. The number of amides is 1. The SMILES string of the molecule is CC(C)(C)c1cn2cc(N3CCN(C(=O)c4noc5c4CCCC5)CC3)ccc2n1. The van der Waals surface area contributed by atoms with Crippen molar-refractivity contribution in [2.45, 2.75) is 51.9 Å². The smallest absolute Gasteiger partial charge is 0.276 e. The maximum absolute atomic E-state index is 13.0. The molecule has 3 aromatic rings. The maximum atomic E-state index is 13.0. The quantitative estimate of drug-likeness (QED) is 0.651. The lowest BCUT2D eigenvalue weighted by Gasteiger charge is -2.35. The first-order chi connectivity index (χ1) is 14.4. The Balaban J connectivity index is 1.29. The zero-order valence-electron chi connectivity index (χ0n) is 18.0. The van der Waals surface area contributed by atoms with E-state index in [1.807, 2.05) is 4.90 Å². The van der Waals surface area contributed by atoms with Crippen molar-refractivity contribution in [3.8, 4) is 0 Å². The number of nitrogens with zero attached hydrogens (tertiary/aromatic N) is 5. The van der Waals surface area contributed by atoms with E-state index in [-0.39, 0.29) is 11.3 Å². The van der Waals surface area contributed by atoms with Gasteiger partial charge in [-0.15, -0.1) is 0 Å². The van der Waals surface area contributed by atoms with Gasteiger partial charge in [-0.1, -0.05) is 25.9 Å². The summed E-state index contributed by atoms with van der Waals surface area (Å²) in [5.41, 5.74) is 4.81. The number of piperazine rings is 1. The van der Waals surface area contributed by atoms with Crippen LogP contribution in [0.25, 0.3) is 5.65 Å². The average Bonchev–Trinajstić information content (AvgIpc) is 3.37. The van der Waals surface area contributed by atoms with Gasteiger partial charge < -0.3 is 18.7 Å². The summed E-state index contributed by atoms with van der Waals surface area (Å²) in [6, 6.07) is 4.20. The van der Waals surface area contributed by atoms with Gasteiger partial charge in [0.1, 0.15) is 11.4 Å². The minimum atomic E-state index is 0.0152. The fourth-order valence-electron chi connectivity index (χ4n) is 4.40. The van der Waals surface area contributed by atoms with E-state index in [4.69, 9.17) is 9.51 Å². The van der Waals surface area contributed by atoms with E-state index in [0.29, 0.717) is 18.8 Å². The van der Waals surface area contributed by atoms with Gasteiger partial charge in [0.05, 0.1) is 11.4 Å². The van der Waals surface area contributed by atoms with Gasteiger partial charge in [-0.25, -0.2) is 4.98 Å². The molecule has 1 amide bonds. The van der Waals surface area contributed by atoms with Crippen molar-refractivity contribution >= 4 is 17.2 Å². The van der Waals surface area contributed by atoms with E-state index in [1.165, 1.54) is 0 Å². The lowest BCUT2D eigenvalue weighted by molar-refractivity contribution is 0.0735. The fraction of sp³-hybridized carbons (Fsp3) is 0.522. The molecule has 0 unspecified atom stereocenters. The summed E-state index contributed by atoms with van der Waals surface area (Å²) in [5, 5.41) is 4.12. The van der Waals surface area contributed by atoms with Crippen molar-refractivity contribution in [1.29, 1.82) is 0 Å². The number of imidazole rings is 1. The van der Waals surface area contributed by atoms with Crippen LogP contribution in [0.3, 0.4) is 0 Å². The summed E-state index contributed by atoms with van der Waals surface area (Å²) >= 11 is 0. The third kappa shape index (κ3) is 3.36. The minimum Gasteiger partial charge on any atom is -0.367 e. The summed E-state index contributed by atoms with van der Waals surface area (Å²) in [6.45, 7) is 9.52. The van der Waals surface area contributed by atoms with E-state index < -0.39 is 0 Å². The number of hydrogen-bond donors (Lipinski definition) is 0. The van der Waals surface area contributed by atoms with Crippen LogP contribution in [0.5, 0.6) is 0 Å². The lowest BCUT2D eigenvalue weighted by atomic mass is 9.93. The number of aromatic nitrogens is 3. The predicted molar refractivity (Wildman–Crippen MR) is 115 cm³/mol. The fourth-order valence-corrected chi connectivity index (χ4v) is 4.40. The van der Waals surface area contributed by atoms with Crippen molar-refractivity contribution in [3.05, 3.63) is 47.2 Å². The van der Waals surface area contributed by atoms with Crippen LogP contribution in [0.2, 0.25) is 0 Å². The van der Waals surface area contributed by atoms with Crippen LogP contribution in [0.4, 0.5) is 5.69 Å². The molecule has 0 aromatic carbocycles. The number of rotatable bonds is 2. The normalized spacial score (nSPS) is 17.4. The number of hydrogen-bond acceptors (Lipinski definition) is 5. The Morgan fingerprint density at radius 2 is 1.80 bits per heavy atom. The Labute approximate surface area is 176 Å². The second kappa shape index (κ2) is 7.15. The van der Waals surface area contributed by atoms with Crippen molar-refractivity contribution in [2.24, 2.45) is 0 Å². The van der Waals surface area contributed by atoms with E-state index in [2.05, 4.69) is 59.8 Å². The van der Waals surface area contributed by atoms with E-state index in [0.717, 1.165) is 67.1 Å². The minimum absolute atomic E-state index is 0.0152. The molecule has 1 aliphatic heterocycles. The second-order valence-corrected chi connectivity index (χ2v) is 9.45. The summed E-state index contributed by atoms with van der Waals surface area (Å²) < 4.78 is 7.55. The summed E-state index contributed by atoms with van der Waals surface area (Å²) in [6.07, 6.45) is 8.29. The molecule has 1 aliphatic carbocycles. The highest BCUT2D eigenvalue weighted by atomic mass is 16.5. The van der Waals surface area contributed by atoms with Gasteiger partial charge in [-0.2, -0.15) is 0 Å². The van der Waals surface area contributed by atoms with Crippen LogP contribution < -0.4 is 4.90 Å². The molecule has 0 bridgehead atoms. The highest BCUT2D eigenvalue weighted by Gasteiger charge is 2.29. The molecule has 158 valence electrons. The van der Waals surface area contributed by atoms with Gasteiger partial charge in [0.15, 0.2) is 5.69 Å². The first-order valence-corrected chi connectivity index (χ1v) is 10.9. The molecule has 0 atom stereocenters. The molecule has 2 aliphatic rings. The molecule has 0 radical (unpaired) electrons. The number of fused-ring (bicyclic) bond motifs is 2. The number of carbonyl (C=O) groups excluding carboxylic acids is 1. The van der Waals surface area contributed by atoms with Gasteiger partial charge in [0.2, 0.25) is 0 Å². The number of anilines is 1. The number of carbonyl (C=O) groups is 1. The molecule has 0 N–H and O–H groups in total. The number of pyridine rings is 1. The summed E-state index contributed by atoms with van der Waals surface area (Å²) in [4.78, 5) is 22.0. The molecule has 5 rings (SSSR count). The van der Waals surface area contributed by atoms with Crippen LogP contribution in [-0.2, 0) is 18.3 Å². The predicted octanol–water partition coefficient (Wildman–Crippen LogP) is 3.46. The monoisotopic (exact) mass is 407 g/mol. The van der Waals surface area contributed by atoms with E-state index >= 15 is 0 Å². The first-order valence-electron chi connectivity index (χ1n) is 10.9. The standard InChI is InChI=1S/C23H29N5O2/c1-23(2,3)19-15-28-14-16(8-9-20(28)24-19)26-10-12-27(13-11-26)22(29)21-17-6-4-5-7-18(17)30-25-21/h8-9,14-15H,4-7,10-13H2,1-3H3. The lowest BCUT2D eigenvalue weighted by Crippen LogP contribution is -2.49. The Hall–Kier alpha value is -2.83. The molecule has 0 saturated carbocycles. The van der Waals surface area contributed by atoms with Gasteiger partial charge in [0, 0.05) is 56.0 Å².